The smallest absolute Gasteiger partial charge is 0.345 e. The molecule has 0 aromatic carbocycles. The van der Waals surface area contributed by atoms with Crippen LogP contribution in [0.15, 0.2) is 11.0 Å². The second kappa shape index (κ2) is 3.28. The number of aromatic carboxylic acids is 1. The zero-order valence-electron chi connectivity index (χ0n) is 6.44. The lowest BCUT2D eigenvalue weighted by Gasteiger charge is -1.89. The van der Waals surface area contributed by atoms with Crippen molar-refractivity contribution >= 4 is 37.0 Å². The molecule has 0 unspecified atom stereocenters. The summed E-state index contributed by atoms with van der Waals surface area (Å²) in [5.74, 6) is -1.15. The fraction of sp³-hybridized carbons (Fsp3) is 0.167. The van der Waals surface area contributed by atoms with E-state index in [4.69, 9.17) is 15.8 Å². The zero-order valence-corrected chi connectivity index (χ0v) is 8.83. The average Bonchev–Trinajstić information content (AvgIpc) is 2.29. The van der Waals surface area contributed by atoms with E-state index in [2.05, 4.69) is 0 Å². The second-order valence-corrected chi connectivity index (χ2v) is 6.06. The van der Waals surface area contributed by atoms with Gasteiger partial charge in [-0.25, -0.2) is 13.2 Å². The molecule has 1 N–H and O–H groups in total. The Hall–Kier alpha value is -0.590. The van der Waals surface area contributed by atoms with Crippen molar-refractivity contribution in [3.05, 3.63) is 15.8 Å². The Morgan fingerprint density at radius 1 is 1.62 bits per heavy atom. The maximum Gasteiger partial charge on any atom is 0.345 e. The van der Waals surface area contributed by atoms with Crippen LogP contribution in [-0.4, -0.2) is 19.5 Å². The minimum absolute atomic E-state index is 0.0308. The number of rotatable bonds is 2. The first kappa shape index (κ1) is 10.5. The third-order valence-electron chi connectivity index (χ3n) is 1.35. The number of carboxylic acids is 1. The minimum atomic E-state index is -3.83. The summed E-state index contributed by atoms with van der Waals surface area (Å²) in [5.41, 5.74) is 0. The Bertz CT molecular complexity index is 445. The quantitative estimate of drug-likeness (QED) is 0.799. The third kappa shape index (κ3) is 2.20. The molecular weight excluding hydrogens is 236 g/mol. The van der Waals surface area contributed by atoms with Gasteiger partial charge in [0.2, 0.25) is 0 Å². The molecule has 7 heteroatoms. The zero-order chi connectivity index (χ0) is 10.2. The van der Waals surface area contributed by atoms with Crippen LogP contribution in [0.3, 0.4) is 0 Å². The van der Waals surface area contributed by atoms with E-state index in [-0.39, 0.29) is 9.77 Å². The molecule has 1 heterocycles. The molecule has 1 aromatic heterocycles. The van der Waals surface area contributed by atoms with Crippen LogP contribution < -0.4 is 0 Å². The minimum Gasteiger partial charge on any atom is -0.477 e. The Morgan fingerprint density at radius 2 is 2.15 bits per heavy atom. The number of carbonyl (C=O) groups is 1. The fourth-order valence-corrected chi connectivity index (χ4v) is 3.32. The van der Waals surface area contributed by atoms with Gasteiger partial charge in [0.15, 0.2) is 0 Å². The number of hydrogen-bond donors (Lipinski definition) is 1. The van der Waals surface area contributed by atoms with Crippen LogP contribution in [0.25, 0.3) is 0 Å². The predicted octanol–water partition coefficient (Wildman–Crippen LogP) is 1.68. The summed E-state index contributed by atoms with van der Waals surface area (Å²) in [6, 6.07) is 1.06. The highest BCUT2D eigenvalue weighted by molar-refractivity contribution is 8.13. The van der Waals surface area contributed by atoms with E-state index in [9.17, 15) is 13.2 Å². The molecule has 0 amide bonds. The van der Waals surface area contributed by atoms with Crippen molar-refractivity contribution in [1.29, 1.82) is 0 Å². The molecular formula is C6H5ClO4S2. The highest BCUT2D eigenvalue weighted by atomic mass is 35.7. The molecule has 0 aliphatic rings. The molecule has 0 aliphatic carbocycles. The first-order valence-corrected chi connectivity index (χ1v) is 6.23. The number of carboxylic acid groups (broad SMARTS) is 1. The van der Waals surface area contributed by atoms with Gasteiger partial charge in [-0.2, -0.15) is 0 Å². The van der Waals surface area contributed by atoms with Gasteiger partial charge in [0.1, 0.15) is 4.88 Å². The van der Waals surface area contributed by atoms with Crippen LogP contribution in [-0.2, 0) is 9.05 Å². The lowest BCUT2D eigenvalue weighted by atomic mass is 10.4. The van der Waals surface area contributed by atoms with Crippen LogP contribution in [0.1, 0.15) is 14.5 Å². The monoisotopic (exact) mass is 240 g/mol. The lowest BCUT2D eigenvalue weighted by molar-refractivity contribution is 0.0702. The molecule has 4 nitrogen and oxygen atoms in total. The number of halogens is 1. The molecule has 0 saturated heterocycles. The van der Waals surface area contributed by atoms with Gasteiger partial charge in [-0.1, -0.05) is 0 Å². The maximum absolute atomic E-state index is 10.9. The van der Waals surface area contributed by atoms with Gasteiger partial charge in [0.25, 0.3) is 9.05 Å². The molecule has 0 aliphatic heterocycles. The van der Waals surface area contributed by atoms with Gasteiger partial charge in [0.05, 0.1) is 4.90 Å². The first-order valence-electron chi connectivity index (χ1n) is 3.11. The van der Waals surface area contributed by atoms with Gasteiger partial charge < -0.3 is 5.11 Å². The molecule has 13 heavy (non-hydrogen) atoms. The Kier molecular flexibility index (Phi) is 2.65. The summed E-state index contributed by atoms with van der Waals surface area (Å²) in [5, 5.41) is 8.56. The van der Waals surface area contributed by atoms with Crippen LogP contribution in [0.5, 0.6) is 0 Å². The van der Waals surface area contributed by atoms with Crippen molar-refractivity contribution in [3.8, 4) is 0 Å². The molecule has 1 aromatic rings. The van der Waals surface area contributed by atoms with Crippen molar-refractivity contribution in [2.75, 3.05) is 0 Å². The highest BCUT2D eigenvalue weighted by Gasteiger charge is 2.19. The van der Waals surface area contributed by atoms with Crippen molar-refractivity contribution in [2.45, 2.75) is 11.8 Å². The first-order chi connectivity index (χ1) is 5.82. The fourth-order valence-electron chi connectivity index (χ4n) is 0.813. The predicted molar refractivity (Wildman–Crippen MR) is 49.1 cm³/mol. The number of hydrogen-bond acceptors (Lipinski definition) is 4. The van der Waals surface area contributed by atoms with Crippen LogP contribution in [0, 0.1) is 6.92 Å². The number of thiophene rings is 1. The van der Waals surface area contributed by atoms with Crippen molar-refractivity contribution in [2.24, 2.45) is 0 Å². The third-order valence-corrected chi connectivity index (χ3v) is 3.96. The molecule has 0 atom stereocenters. The Balaban J connectivity index is 3.35. The molecule has 0 radical (unpaired) electrons. The van der Waals surface area contributed by atoms with Crippen LogP contribution in [0.2, 0.25) is 0 Å². The topological polar surface area (TPSA) is 71.4 Å². The van der Waals surface area contributed by atoms with Crippen LogP contribution in [0.4, 0.5) is 0 Å². The van der Waals surface area contributed by atoms with Crippen molar-refractivity contribution in [1.82, 2.24) is 0 Å². The van der Waals surface area contributed by atoms with E-state index in [1.807, 2.05) is 0 Å². The molecule has 0 spiro atoms. The van der Waals surface area contributed by atoms with Crippen molar-refractivity contribution < 1.29 is 18.3 Å². The summed E-state index contributed by atoms with van der Waals surface area (Å²) in [4.78, 5) is 10.7. The van der Waals surface area contributed by atoms with Gasteiger partial charge in [-0.15, -0.1) is 11.3 Å². The second-order valence-electron chi connectivity index (χ2n) is 2.27. The lowest BCUT2D eigenvalue weighted by Crippen LogP contribution is -1.92. The molecule has 1 rings (SSSR count). The summed E-state index contributed by atoms with van der Waals surface area (Å²) < 4.78 is 21.7. The van der Waals surface area contributed by atoms with E-state index in [0.29, 0.717) is 4.88 Å². The van der Waals surface area contributed by atoms with Gasteiger partial charge in [-0.3, -0.25) is 0 Å². The van der Waals surface area contributed by atoms with E-state index in [1.165, 1.54) is 6.92 Å². The van der Waals surface area contributed by atoms with Gasteiger partial charge in [-0.05, 0) is 13.0 Å². The van der Waals surface area contributed by atoms with E-state index in [0.717, 1.165) is 17.4 Å². The van der Waals surface area contributed by atoms with Gasteiger partial charge >= 0.3 is 5.97 Å². The normalized spacial score (nSPS) is 11.5. The van der Waals surface area contributed by atoms with Crippen molar-refractivity contribution in [3.63, 3.8) is 0 Å². The highest BCUT2D eigenvalue weighted by Crippen LogP contribution is 2.27. The van der Waals surface area contributed by atoms with Gasteiger partial charge in [0, 0.05) is 15.6 Å². The maximum atomic E-state index is 10.9. The van der Waals surface area contributed by atoms with Crippen LogP contribution >= 0.6 is 22.0 Å². The van der Waals surface area contributed by atoms with E-state index < -0.39 is 15.0 Å². The standard InChI is InChI=1S/C6H5ClO4S2/c1-3-5(13(7,10)11)2-4(12-3)6(8)9/h2H,1H3,(H,8,9). The number of aryl methyl sites for hydroxylation is 1. The van der Waals surface area contributed by atoms with E-state index in [1.54, 1.807) is 0 Å². The summed E-state index contributed by atoms with van der Waals surface area (Å²) >= 11 is 0.886. The Labute approximate surface area is 83.2 Å². The summed E-state index contributed by atoms with van der Waals surface area (Å²) in [7, 11) is 1.24. The molecule has 72 valence electrons. The molecule has 0 bridgehead atoms. The average molecular weight is 241 g/mol. The summed E-state index contributed by atoms with van der Waals surface area (Å²) in [6.45, 7) is 1.51. The summed E-state index contributed by atoms with van der Waals surface area (Å²) in [6.07, 6.45) is 0. The molecule has 0 saturated carbocycles. The Morgan fingerprint density at radius 3 is 2.38 bits per heavy atom. The molecule has 0 fully saturated rings. The SMILES string of the molecule is Cc1sc(C(=O)O)cc1S(=O)(=O)Cl. The largest absolute Gasteiger partial charge is 0.477 e. The van der Waals surface area contributed by atoms with E-state index >= 15 is 0 Å².